The van der Waals surface area contributed by atoms with E-state index < -0.39 is 0 Å². The predicted molar refractivity (Wildman–Crippen MR) is 63.1 cm³/mol. The molecule has 98 valence electrons. The molecule has 0 radical (unpaired) electrons. The second-order valence-corrected chi connectivity index (χ2v) is 3.31. The van der Waals surface area contributed by atoms with E-state index >= 15 is 0 Å². The molecular formula is C10H22ClNO4. The lowest BCUT2D eigenvalue weighted by molar-refractivity contribution is 0.000571. The molecule has 0 aliphatic rings. The third kappa shape index (κ3) is 14.1. The summed E-state index contributed by atoms with van der Waals surface area (Å²) in [5.41, 5.74) is 5.25. The molecule has 0 aliphatic heterocycles. The van der Waals surface area contributed by atoms with Gasteiger partial charge in [-0.2, -0.15) is 0 Å². The highest BCUT2D eigenvalue weighted by Crippen LogP contribution is 1.83. The zero-order chi connectivity index (χ0) is 11.9. The minimum Gasteiger partial charge on any atom is -0.378 e. The Hall–Kier alpha value is 0.0900. The standard InChI is InChI=1S/C10H22ClNO4/c11-1-3-13-5-7-15-9-10-16-8-6-14-4-2-12/h1-10,12H2. The summed E-state index contributed by atoms with van der Waals surface area (Å²) >= 11 is 5.43. The first-order chi connectivity index (χ1) is 7.91. The van der Waals surface area contributed by atoms with Gasteiger partial charge in [-0.15, -0.1) is 11.6 Å². The topological polar surface area (TPSA) is 62.9 Å². The van der Waals surface area contributed by atoms with Gasteiger partial charge in [-0.25, -0.2) is 0 Å². The Labute approximate surface area is 102 Å². The Morgan fingerprint density at radius 1 is 0.625 bits per heavy atom. The van der Waals surface area contributed by atoms with E-state index in [-0.39, 0.29) is 0 Å². The summed E-state index contributed by atoms with van der Waals surface area (Å²) < 4.78 is 20.8. The Bertz CT molecular complexity index is 115. The van der Waals surface area contributed by atoms with Crippen LogP contribution in [0.5, 0.6) is 0 Å². The molecule has 0 rings (SSSR count). The molecule has 0 heterocycles. The summed E-state index contributed by atoms with van der Waals surface area (Å²) in [5.74, 6) is 0.520. The van der Waals surface area contributed by atoms with Gasteiger partial charge in [-0.3, -0.25) is 0 Å². The summed E-state index contributed by atoms with van der Waals surface area (Å²) in [6.45, 7) is 5.14. The molecule has 0 fully saturated rings. The van der Waals surface area contributed by atoms with Gasteiger partial charge in [0.05, 0.1) is 52.9 Å². The fourth-order valence-corrected chi connectivity index (χ4v) is 1.01. The molecular weight excluding hydrogens is 234 g/mol. The average Bonchev–Trinajstić information content (AvgIpc) is 2.31. The fraction of sp³-hybridized carbons (Fsp3) is 1.00. The van der Waals surface area contributed by atoms with E-state index in [1.54, 1.807) is 0 Å². The Morgan fingerprint density at radius 2 is 1.00 bits per heavy atom. The molecule has 0 amide bonds. The van der Waals surface area contributed by atoms with Crippen LogP contribution >= 0.6 is 11.6 Å². The third-order valence-corrected chi connectivity index (χ3v) is 1.75. The van der Waals surface area contributed by atoms with Gasteiger partial charge >= 0.3 is 0 Å². The maximum atomic E-state index is 5.43. The van der Waals surface area contributed by atoms with Crippen LogP contribution in [0.3, 0.4) is 0 Å². The minimum atomic E-state index is 0.520. The number of hydrogen-bond acceptors (Lipinski definition) is 5. The predicted octanol–water partition coefficient (Wildman–Crippen LogP) is 0.250. The van der Waals surface area contributed by atoms with E-state index in [1.807, 2.05) is 0 Å². The molecule has 16 heavy (non-hydrogen) atoms. The number of alkyl halides is 1. The van der Waals surface area contributed by atoms with Crippen LogP contribution in [0.1, 0.15) is 0 Å². The first-order valence-corrected chi connectivity index (χ1v) is 6.02. The lowest BCUT2D eigenvalue weighted by atomic mass is 10.7. The molecule has 0 bridgehead atoms. The minimum absolute atomic E-state index is 0.520. The smallest absolute Gasteiger partial charge is 0.0701 e. The Kier molecular flexibility index (Phi) is 15.2. The summed E-state index contributed by atoms with van der Waals surface area (Å²) in [5, 5.41) is 0. The number of halogens is 1. The highest BCUT2D eigenvalue weighted by molar-refractivity contribution is 6.17. The third-order valence-electron chi connectivity index (χ3n) is 1.60. The van der Waals surface area contributed by atoms with Crippen LogP contribution in [0.25, 0.3) is 0 Å². The lowest BCUT2D eigenvalue weighted by Crippen LogP contribution is -2.14. The molecule has 0 aromatic heterocycles. The first-order valence-electron chi connectivity index (χ1n) is 5.48. The molecule has 0 aliphatic carbocycles. The van der Waals surface area contributed by atoms with Gasteiger partial charge in [0.25, 0.3) is 0 Å². The first kappa shape index (κ1) is 16.1. The maximum Gasteiger partial charge on any atom is 0.0701 e. The molecule has 0 spiro atoms. The van der Waals surface area contributed by atoms with E-state index in [4.69, 9.17) is 36.3 Å². The lowest BCUT2D eigenvalue weighted by Gasteiger charge is -2.06. The molecule has 0 unspecified atom stereocenters. The van der Waals surface area contributed by atoms with Crippen molar-refractivity contribution in [3.05, 3.63) is 0 Å². The van der Waals surface area contributed by atoms with Gasteiger partial charge in [-0.05, 0) is 0 Å². The van der Waals surface area contributed by atoms with Crippen LogP contribution in [0.15, 0.2) is 0 Å². The van der Waals surface area contributed by atoms with Crippen molar-refractivity contribution in [3.63, 3.8) is 0 Å². The summed E-state index contributed by atoms with van der Waals surface area (Å²) in [7, 11) is 0. The molecule has 0 saturated heterocycles. The van der Waals surface area contributed by atoms with Gasteiger partial charge in [0.1, 0.15) is 0 Å². The Morgan fingerprint density at radius 3 is 1.38 bits per heavy atom. The van der Waals surface area contributed by atoms with Crippen LogP contribution in [0.2, 0.25) is 0 Å². The molecule has 0 atom stereocenters. The zero-order valence-electron chi connectivity index (χ0n) is 9.66. The summed E-state index contributed by atoms with van der Waals surface area (Å²) in [6.07, 6.45) is 0. The molecule has 5 nitrogen and oxygen atoms in total. The highest BCUT2D eigenvalue weighted by Gasteiger charge is 1.91. The van der Waals surface area contributed by atoms with E-state index in [9.17, 15) is 0 Å². The van der Waals surface area contributed by atoms with Crippen molar-refractivity contribution in [3.8, 4) is 0 Å². The number of rotatable bonds is 13. The highest BCUT2D eigenvalue weighted by atomic mass is 35.5. The van der Waals surface area contributed by atoms with Crippen LogP contribution in [-0.4, -0.2) is 65.3 Å². The van der Waals surface area contributed by atoms with Crippen LogP contribution in [-0.2, 0) is 18.9 Å². The van der Waals surface area contributed by atoms with E-state index in [0.717, 1.165) is 0 Å². The van der Waals surface area contributed by atoms with Gasteiger partial charge in [0.15, 0.2) is 0 Å². The van der Waals surface area contributed by atoms with Crippen molar-refractivity contribution in [1.29, 1.82) is 0 Å². The maximum absolute atomic E-state index is 5.43. The quantitative estimate of drug-likeness (QED) is 0.378. The Balaban J connectivity index is 2.83. The number of nitrogens with two attached hydrogens (primary N) is 1. The van der Waals surface area contributed by atoms with Crippen molar-refractivity contribution in [2.45, 2.75) is 0 Å². The number of hydrogen-bond donors (Lipinski definition) is 1. The average molecular weight is 256 g/mol. The van der Waals surface area contributed by atoms with Crippen molar-refractivity contribution in [2.75, 3.05) is 65.3 Å². The number of ether oxygens (including phenoxy) is 4. The molecule has 0 aromatic rings. The summed E-state index contributed by atoms with van der Waals surface area (Å²) in [4.78, 5) is 0. The van der Waals surface area contributed by atoms with Crippen LogP contribution in [0, 0.1) is 0 Å². The van der Waals surface area contributed by atoms with Crippen LogP contribution in [0.4, 0.5) is 0 Å². The van der Waals surface area contributed by atoms with Crippen molar-refractivity contribution in [2.24, 2.45) is 5.73 Å². The van der Waals surface area contributed by atoms with Crippen molar-refractivity contribution >= 4 is 11.6 Å². The second-order valence-electron chi connectivity index (χ2n) is 2.93. The largest absolute Gasteiger partial charge is 0.378 e. The van der Waals surface area contributed by atoms with E-state index in [0.29, 0.717) is 65.3 Å². The van der Waals surface area contributed by atoms with E-state index in [2.05, 4.69) is 0 Å². The molecule has 0 aromatic carbocycles. The SMILES string of the molecule is NCCOCCOCCOCCOCCCl. The van der Waals surface area contributed by atoms with Gasteiger partial charge in [-0.1, -0.05) is 0 Å². The molecule has 2 N–H and O–H groups in total. The van der Waals surface area contributed by atoms with Gasteiger partial charge < -0.3 is 24.7 Å². The second kappa shape index (κ2) is 15.1. The van der Waals surface area contributed by atoms with Gasteiger partial charge in [0, 0.05) is 12.4 Å². The van der Waals surface area contributed by atoms with Crippen LogP contribution < -0.4 is 5.73 Å². The monoisotopic (exact) mass is 255 g/mol. The zero-order valence-corrected chi connectivity index (χ0v) is 10.4. The normalized spacial score (nSPS) is 10.9. The van der Waals surface area contributed by atoms with Gasteiger partial charge in [0.2, 0.25) is 0 Å². The van der Waals surface area contributed by atoms with E-state index in [1.165, 1.54) is 0 Å². The fourth-order valence-electron chi connectivity index (χ4n) is 0.900. The molecule has 6 heteroatoms. The molecule has 0 saturated carbocycles. The summed E-state index contributed by atoms with van der Waals surface area (Å²) in [6, 6.07) is 0. The van der Waals surface area contributed by atoms with Crippen molar-refractivity contribution in [1.82, 2.24) is 0 Å². The van der Waals surface area contributed by atoms with Crippen molar-refractivity contribution < 1.29 is 18.9 Å².